The summed E-state index contributed by atoms with van der Waals surface area (Å²) in [6, 6.07) is 10.8. The van der Waals surface area contributed by atoms with Crippen LogP contribution in [-0.4, -0.2) is 50.8 Å². The molecule has 2 saturated heterocycles. The number of anilines is 1. The first-order valence-electron chi connectivity index (χ1n) is 7.28. The van der Waals surface area contributed by atoms with Crippen molar-refractivity contribution in [2.75, 3.05) is 44.8 Å². The Morgan fingerprint density at radius 3 is 2.75 bits per heavy atom. The average Bonchev–Trinajstić information content (AvgIpc) is 2.89. The largest absolute Gasteiger partial charge is 0.384 e. The minimum Gasteiger partial charge on any atom is -0.384 e. The molecule has 2 heterocycles. The van der Waals surface area contributed by atoms with E-state index in [0.29, 0.717) is 12.0 Å². The highest BCUT2D eigenvalue weighted by molar-refractivity contribution is 5.50. The fourth-order valence-electron chi connectivity index (χ4n) is 3.49. The van der Waals surface area contributed by atoms with Gasteiger partial charge in [0.05, 0.1) is 18.2 Å². The molecule has 0 amide bonds. The Morgan fingerprint density at radius 2 is 2.05 bits per heavy atom. The normalized spacial score (nSPS) is 26.3. The van der Waals surface area contributed by atoms with Crippen molar-refractivity contribution in [3.05, 3.63) is 29.8 Å². The van der Waals surface area contributed by atoms with Crippen LogP contribution >= 0.6 is 0 Å². The zero-order chi connectivity index (χ0) is 13.9. The molecule has 0 radical (unpaired) electrons. The summed E-state index contributed by atoms with van der Waals surface area (Å²) >= 11 is 0. The number of rotatable bonds is 3. The van der Waals surface area contributed by atoms with E-state index in [1.807, 2.05) is 12.1 Å². The third kappa shape index (κ3) is 2.65. The molecule has 0 saturated carbocycles. The van der Waals surface area contributed by atoms with E-state index in [1.165, 1.54) is 18.7 Å². The van der Waals surface area contributed by atoms with Crippen molar-refractivity contribution in [2.45, 2.75) is 12.5 Å². The molecule has 0 spiro atoms. The summed E-state index contributed by atoms with van der Waals surface area (Å²) < 4.78 is 5.30. The van der Waals surface area contributed by atoms with Crippen LogP contribution in [-0.2, 0) is 4.74 Å². The lowest BCUT2D eigenvalue weighted by molar-refractivity contribution is 0.153. The molecule has 2 aliphatic rings. The molecule has 106 valence electrons. The van der Waals surface area contributed by atoms with Crippen LogP contribution in [0.1, 0.15) is 12.0 Å². The summed E-state index contributed by atoms with van der Waals surface area (Å²) in [6.07, 6.45) is 1.24. The first-order valence-corrected chi connectivity index (χ1v) is 7.28. The van der Waals surface area contributed by atoms with E-state index in [0.717, 1.165) is 31.8 Å². The molecule has 2 fully saturated rings. The van der Waals surface area contributed by atoms with Crippen LogP contribution in [0.4, 0.5) is 5.69 Å². The highest BCUT2D eigenvalue weighted by Gasteiger charge is 2.35. The quantitative estimate of drug-likeness (QED) is 0.839. The average molecular weight is 271 g/mol. The van der Waals surface area contributed by atoms with Crippen LogP contribution in [0.25, 0.3) is 0 Å². The molecule has 2 aliphatic heterocycles. The van der Waals surface area contributed by atoms with Gasteiger partial charge in [0.2, 0.25) is 0 Å². The topological polar surface area (TPSA) is 39.5 Å². The lowest BCUT2D eigenvalue weighted by atomic mass is 10.1. The number of fused-ring (bicyclic) bond motifs is 1. The monoisotopic (exact) mass is 271 g/mol. The first kappa shape index (κ1) is 13.4. The van der Waals surface area contributed by atoms with E-state index < -0.39 is 0 Å². The zero-order valence-corrected chi connectivity index (χ0v) is 12.0. The highest BCUT2D eigenvalue weighted by Crippen LogP contribution is 2.29. The summed E-state index contributed by atoms with van der Waals surface area (Å²) in [7, 11) is 1.79. The molecule has 1 aromatic carbocycles. The smallest absolute Gasteiger partial charge is 0.0991 e. The van der Waals surface area contributed by atoms with Gasteiger partial charge in [0.15, 0.2) is 0 Å². The van der Waals surface area contributed by atoms with Crippen LogP contribution in [0.3, 0.4) is 0 Å². The third-order valence-corrected chi connectivity index (χ3v) is 4.47. The highest BCUT2D eigenvalue weighted by atomic mass is 16.5. The van der Waals surface area contributed by atoms with E-state index >= 15 is 0 Å². The molecule has 4 heteroatoms. The molecule has 3 rings (SSSR count). The third-order valence-electron chi connectivity index (χ3n) is 4.47. The van der Waals surface area contributed by atoms with Crippen molar-refractivity contribution in [3.63, 3.8) is 0 Å². The van der Waals surface area contributed by atoms with Crippen molar-refractivity contribution in [1.29, 1.82) is 5.26 Å². The van der Waals surface area contributed by atoms with Gasteiger partial charge in [0, 0.05) is 45.0 Å². The van der Waals surface area contributed by atoms with E-state index in [1.54, 1.807) is 7.11 Å². The number of nitriles is 1. The van der Waals surface area contributed by atoms with Gasteiger partial charge in [-0.15, -0.1) is 0 Å². The maximum atomic E-state index is 8.86. The van der Waals surface area contributed by atoms with Crippen LogP contribution in [0.15, 0.2) is 24.3 Å². The van der Waals surface area contributed by atoms with Gasteiger partial charge in [0.1, 0.15) is 0 Å². The fourth-order valence-corrected chi connectivity index (χ4v) is 3.49. The molecule has 4 nitrogen and oxygen atoms in total. The predicted molar refractivity (Wildman–Crippen MR) is 78.7 cm³/mol. The van der Waals surface area contributed by atoms with Gasteiger partial charge < -0.3 is 9.64 Å². The standard InChI is InChI=1S/C16H21N3O/c1-20-12-14-8-16-11-19(7-6-18(16)10-14)15-4-2-13(9-17)3-5-15/h2-5,14,16H,6-8,10-12H2,1H3. The maximum absolute atomic E-state index is 8.86. The zero-order valence-electron chi connectivity index (χ0n) is 12.0. The van der Waals surface area contributed by atoms with Crippen molar-refractivity contribution < 1.29 is 4.74 Å². The molecule has 1 aromatic rings. The van der Waals surface area contributed by atoms with E-state index in [-0.39, 0.29) is 0 Å². The van der Waals surface area contributed by atoms with Gasteiger partial charge in [-0.2, -0.15) is 5.26 Å². The molecule has 2 unspecified atom stereocenters. The predicted octanol–water partition coefficient (Wildman–Crippen LogP) is 1.72. The van der Waals surface area contributed by atoms with Gasteiger partial charge in [-0.1, -0.05) is 0 Å². The summed E-state index contributed by atoms with van der Waals surface area (Å²) in [4.78, 5) is 5.04. The van der Waals surface area contributed by atoms with Crippen LogP contribution in [0.5, 0.6) is 0 Å². The van der Waals surface area contributed by atoms with Crippen molar-refractivity contribution in [3.8, 4) is 6.07 Å². The van der Waals surface area contributed by atoms with E-state index in [2.05, 4.69) is 28.0 Å². The molecule has 20 heavy (non-hydrogen) atoms. The maximum Gasteiger partial charge on any atom is 0.0991 e. The van der Waals surface area contributed by atoms with E-state index in [9.17, 15) is 0 Å². The minimum atomic E-state index is 0.652. The Hall–Kier alpha value is -1.57. The Morgan fingerprint density at radius 1 is 1.25 bits per heavy atom. The van der Waals surface area contributed by atoms with Crippen LogP contribution in [0.2, 0.25) is 0 Å². The van der Waals surface area contributed by atoms with Crippen molar-refractivity contribution in [1.82, 2.24) is 4.90 Å². The van der Waals surface area contributed by atoms with Gasteiger partial charge in [-0.05, 0) is 36.6 Å². The number of benzene rings is 1. The second kappa shape index (κ2) is 5.82. The number of hydrogen-bond acceptors (Lipinski definition) is 4. The second-order valence-electron chi connectivity index (χ2n) is 5.81. The number of ether oxygens (including phenoxy) is 1. The van der Waals surface area contributed by atoms with Crippen LogP contribution < -0.4 is 4.90 Å². The fraction of sp³-hybridized carbons (Fsp3) is 0.562. The van der Waals surface area contributed by atoms with Crippen LogP contribution in [0, 0.1) is 17.2 Å². The Labute approximate surface area is 120 Å². The summed E-state index contributed by atoms with van der Waals surface area (Å²) in [5.74, 6) is 0.686. The molecule has 0 aliphatic carbocycles. The van der Waals surface area contributed by atoms with Gasteiger partial charge in [-0.25, -0.2) is 0 Å². The summed E-state index contributed by atoms with van der Waals surface area (Å²) in [5, 5.41) is 8.86. The van der Waals surface area contributed by atoms with E-state index in [4.69, 9.17) is 10.00 Å². The van der Waals surface area contributed by atoms with Gasteiger partial charge in [0.25, 0.3) is 0 Å². The van der Waals surface area contributed by atoms with Gasteiger partial charge >= 0.3 is 0 Å². The van der Waals surface area contributed by atoms with Crippen molar-refractivity contribution in [2.24, 2.45) is 5.92 Å². The Balaban J connectivity index is 1.65. The van der Waals surface area contributed by atoms with Crippen molar-refractivity contribution >= 4 is 5.69 Å². The lowest BCUT2D eigenvalue weighted by Crippen LogP contribution is -2.50. The first-order chi connectivity index (χ1) is 9.80. The lowest BCUT2D eigenvalue weighted by Gasteiger charge is -2.38. The molecular formula is C16H21N3O. The number of nitrogens with zero attached hydrogens (tertiary/aromatic N) is 3. The SMILES string of the molecule is COCC1CC2CN(c3ccc(C#N)cc3)CCN2C1. The molecular weight excluding hydrogens is 250 g/mol. The molecule has 0 aromatic heterocycles. The summed E-state index contributed by atoms with van der Waals surface area (Å²) in [5.41, 5.74) is 1.97. The number of methoxy groups -OCH3 is 1. The molecule has 2 atom stereocenters. The number of piperazine rings is 1. The molecule has 0 N–H and O–H groups in total. The minimum absolute atomic E-state index is 0.652. The summed E-state index contributed by atoms with van der Waals surface area (Å²) in [6.45, 7) is 5.35. The molecule has 0 bridgehead atoms. The Kier molecular flexibility index (Phi) is 3.90. The number of hydrogen-bond donors (Lipinski definition) is 0. The second-order valence-corrected chi connectivity index (χ2v) is 5.81. The van der Waals surface area contributed by atoms with Gasteiger partial charge in [-0.3, -0.25) is 4.90 Å². The Bertz CT molecular complexity index is 493.